The first-order chi connectivity index (χ1) is 11.7. The van der Waals surface area contributed by atoms with Crippen molar-refractivity contribution in [1.82, 2.24) is 0 Å². The van der Waals surface area contributed by atoms with Crippen molar-refractivity contribution in [2.45, 2.75) is 38.7 Å². The van der Waals surface area contributed by atoms with E-state index < -0.39 is 0 Å². The molecule has 0 amide bonds. The van der Waals surface area contributed by atoms with E-state index in [9.17, 15) is 5.11 Å². The molecule has 1 N–H and O–H groups in total. The zero-order valence-corrected chi connectivity index (χ0v) is 18.6. The number of ether oxygens (including phenoxy) is 1. The van der Waals surface area contributed by atoms with Crippen LogP contribution in [0.3, 0.4) is 0 Å². The minimum atomic E-state index is -0.0222. The number of aliphatic hydroxyl groups is 1. The Morgan fingerprint density at radius 2 is 2.16 bits per heavy atom. The molecule has 1 aromatic heterocycles. The third-order valence-electron chi connectivity index (χ3n) is 4.43. The van der Waals surface area contributed by atoms with Crippen molar-refractivity contribution in [2.75, 3.05) is 6.61 Å². The van der Waals surface area contributed by atoms with Crippen LogP contribution < -0.4 is 4.74 Å². The number of thiophene rings is 1. The first-order valence-electron chi connectivity index (χ1n) is 8.41. The fourth-order valence-electron chi connectivity index (χ4n) is 3.18. The van der Waals surface area contributed by atoms with Gasteiger partial charge in [0.15, 0.2) is 0 Å². The predicted octanol–water partition coefficient (Wildman–Crippen LogP) is 5.43. The van der Waals surface area contributed by atoms with Crippen molar-refractivity contribution in [3.63, 3.8) is 0 Å². The summed E-state index contributed by atoms with van der Waals surface area (Å²) in [5.41, 5.74) is 2.31. The zero-order valence-electron chi connectivity index (χ0n) is 14.2. The molecule has 25 heavy (non-hydrogen) atoms. The normalized spacial score (nSPS) is 16.4. The van der Waals surface area contributed by atoms with Crippen LogP contribution in [0, 0.1) is 11.3 Å². The number of rotatable bonds is 8. The second kappa shape index (κ2) is 10.8. The van der Waals surface area contributed by atoms with Crippen molar-refractivity contribution >= 4 is 22.9 Å². The maximum absolute atomic E-state index is 9.26. The molecule has 1 heterocycles. The predicted molar refractivity (Wildman–Crippen MR) is 99.8 cm³/mol. The zero-order chi connectivity index (χ0) is 16.8. The van der Waals surface area contributed by atoms with Gasteiger partial charge in [-0.3, -0.25) is 0 Å². The molecule has 0 spiro atoms. The summed E-state index contributed by atoms with van der Waals surface area (Å²) in [5.74, 6) is 1.24. The molecule has 1 atom stereocenters. The third kappa shape index (κ3) is 6.48. The Bertz CT molecular complexity index is 685. The summed E-state index contributed by atoms with van der Waals surface area (Å²) in [4.78, 5) is 1.41. The summed E-state index contributed by atoms with van der Waals surface area (Å²) in [7, 11) is 0. The first-order valence-corrected chi connectivity index (χ1v) is 9.61. The standard InChI is InChI=1S/C20H22ClO2S.Y/c21-18-10-15(13-22)11-19(12-18)23-14-17-6-1-4-16(17)5-2-7-20-8-3-9-24-20;/h3-4,8,10-12,17,22H,1-2,5-7,13-14H2;/q-1;/t17-;/m1./s1. The summed E-state index contributed by atoms with van der Waals surface area (Å²) >= 11 is 7.78. The van der Waals surface area contributed by atoms with E-state index in [0.717, 1.165) is 37.0 Å². The number of aryl methyl sites for hydroxylation is 1. The van der Waals surface area contributed by atoms with Crippen LogP contribution in [-0.2, 0) is 45.7 Å². The molecule has 2 aromatic rings. The van der Waals surface area contributed by atoms with Crippen LogP contribution in [0.4, 0.5) is 0 Å². The first kappa shape index (κ1) is 21.1. The number of hydrogen-bond acceptors (Lipinski definition) is 3. The van der Waals surface area contributed by atoms with Crippen LogP contribution in [0.2, 0.25) is 5.02 Å². The van der Waals surface area contributed by atoms with E-state index in [1.54, 1.807) is 17.4 Å². The van der Waals surface area contributed by atoms with Gasteiger partial charge >= 0.3 is 0 Å². The number of hydrogen-bond donors (Lipinski definition) is 1. The molecule has 2 nitrogen and oxygen atoms in total. The summed E-state index contributed by atoms with van der Waals surface area (Å²) in [6, 6.07) is 9.59. The molecule has 0 saturated heterocycles. The Hall–Kier alpha value is -0.186. The summed E-state index contributed by atoms with van der Waals surface area (Å²) < 4.78 is 5.96. The van der Waals surface area contributed by atoms with Gasteiger partial charge in [0.25, 0.3) is 0 Å². The fraction of sp³-hybridized carbons (Fsp3) is 0.400. The van der Waals surface area contributed by atoms with Gasteiger partial charge in [-0.15, -0.1) is 10.3 Å². The Balaban J connectivity index is 0.00000225. The van der Waals surface area contributed by atoms with Gasteiger partial charge in [-0.05, 0) is 43.0 Å². The van der Waals surface area contributed by atoms with Gasteiger partial charge < -0.3 is 21.2 Å². The second-order valence-electron chi connectivity index (χ2n) is 6.19. The smallest absolute Gasteiger partial charge is 0.121 e. The molecule has 5 heteroatoms. The van der Waals surface area contributed by atoms with Crippen LogP contribution in [0.1, 0.15) is 36.1 Å². The topological polar surface area (TPSA) is 29.5 Å². The van der Waals surface area contributed by atoms with Crippen LogP contribution in [0.25, 0.3) is 0 Å². The molecule has 0 bridgehead atoms. The van der Waals surface area contributed by atoms with Crippen molar-refractivity contribution in [1.29, 1.82) is 0 Å². The molecule has 1 aliphatic carbocycles. The molecule has 0 aliphatic heterocycles. The quantitative estimate of drug-likeness (QED) is 0.429. The number of halogens is 1. The molecular weight excluding hydrogens is 429 g/mol. The monoisotopic (exact) mass is 450 g/mol. The van der Waals surface area contributed by atoms with Gasteiger partial charge in [0.1, 0.15) is 5.75 Å². The minimum Gasteiger partial charge on any atom is -0.493 e. The number of benzene rings is 1. The van der Waals surface area contributed by atoms with Gasteiger partial charge in [-0.2, -0.15) is 6.07 Å². The van der Waals surface area contributed by atoms with Crippen molar-refractivity contribution in [2.24, 2.45) is 5.92 Å². The molecule has 131 valence electrons. The Kier molecular flexibility index (Phi) is 9.16. The Morgan fingerprint density at radius 3 is 2.92 bits per heavy atom. The third-order valence-corrected chi connectivity index (χ3v) is 5.50. The van der Waals surface area contributed by atoms with Crippen LogP contribution in [0.15, 0.2) is 42.0 Å². The van der Waals surface area contributed by atoms with Gasteiger partial charge in [0.2, 0.25) is 0 Å². The van der Waals surface area contributed by atoms with Gasteiger partial charge in [-0.1, -0.05) is 36.1 Å². The summed E-state index contributed by atoms with van der Waals surface area (Å²) in [6.07, 6.45) is 8.15. The minimum absolute atomic E-state index is 0. The van der Waals surface area contributed by atoms with Gasteiger partial charge in [0, 0.05) is 43.6 Å². The van der Waals surface area contributed by atoms with Crippen LogP contribution in [-0.4, -0.2) is 11.7 Å². The van der Waals surface area contributed by atoms with E-state index in [4.69, 9.17) is 16.3 Å². The van der Waals surface area contributed by atoms with Crippen LogP contribution in [0.5, 0.6) is 5.75 Å². The average Bonchev–Trinajstić information content (AvgIpc) is 3.24. The molecule has 0 fully saturated rings. The van der Waals surface area contributed by atoms with Crippen molar-refractivity contribution in [3.05, 3.63) is 62.8 Å². The number of aliphatic hydroxyl groups excluding tert-OH is 1. The SMILES string of the molecule is OCc1cc(Cl)cc(OC[C@H]2CCC=C2CCCc2cc[c-]s2)c1.[Y]. The number of allylic oxidation sites excluding steroid dienone is 1. The van der Waals surface area contributed by atoms with Gasteiger partial charge in [-0.25, -0.2) is 6.07 Å². The van der Waals surface area contributed by atoms with Crippen molar-refractivity contribution < 1.29 is 42.6 Å². The molecular formula is C20H22ClO2SY-. The van der Waals surface area contributed by atoms with Crippen molar-refractivity contribution in [3.8, 4) is 5.75 Å². The maximum atomic E-state index is 9.26. The van der Waals surface area contributed by atoms with E-state index in [1.807, 2.05) is 18.2 Å². The Morgan fingerprint density at radius 1 is 1.28 bits per heavy atom. The molecule has 1 aromatic carbocycles. The Labute approximate surface area is 184 Å². The van der Waals surface area contributed by atoms with E-state index >= 15 is 0 Å². The molecule has 0 saturated carbocycles. The van der Waals surface area contributed by atoms with E-state index in [1.165, 1.54) is 16.9 Å². The van der Waals surface area contributed by atoms with Crippen LogP contribution >= 0.6 is 22.9 Å². The molecule has 1 aliphatic rings. The van der Waals surface area contributed by atoms with E-state index in [2.05, 4.69) is 17.5 Å². The fourth-order valence-corrected chi connectivity index (χ4v) is 4.10. The molecule has 1 radical (unpaired) electrons. The molecule has 0 unspecified atom stereocenters. The van der Waals surface area contributed by atoms with E-state index in [-0.39, 0.29) is 39.3 Å². The van der Waals surface area contributed by atoms with E-state index in [0.29, 0.717) is 17.5 Å². The summed E-state index contributed by atoms with van der Waals surface area (Å²) in [6.45, 7) is 0.662. The van der Waals surface area contributed by atoms with Gasteiger partial charge in [0.05, 0.1) is 13.2 Å². The summed E-state index contributed by atoms with van der Waals surface area (Å²) in [5, 5.41) is 13.0. The average molecular weight is 451 g/mol. The second-order valence-corrected chi connectivity index (χ2v) is 7.59. The maximum Gasteiger partial charge on any atom is 0.121 e. The largest absolute Gasteiger partial charge is 0.493 e. The molecule has 3 rings (SSSR count).